The van der Waals surface area contributed by atoms with Crippen molar-refractivity contribution in [1.29, 1.82) is 5.26 Å². The van der Waals surface area contributed by atoms with Crippen molar-refractivity contribution in [3.05, 3.63) is 123 Å². The van der Waals surface area contributed by atoms with E-state index in [1.807, 2.05) is 67.6 Å². The van der Waals surface area contributed by atoms with Crippen molar-refractivity contribution < 1.29 is 19.0 Å². The predicted octanol–water partition coefficient (Wildman–Crippen LogP) is 8.20. The van der Waals surface area contributed by atoms with Gasteiger partial charge in [0, 0.05) is 10.7 Å². The minimum absolute atomic E-state index is 0.0598. The fraction of sp³-hybridized carbons (Fsp3) is 0.125. The van der Waals surface area contributed by atoms with E-state index in [-0.39, 0.29) is 5.57 Å². The number of nitrogens with one attached hydrogen (secondary N) is 1. The van der Waals surface area contributed by atoms with E-state index in [2.05, 4.69) is 21.2 Å². The Labute approximate surface area is 246 Å². The average Bonchev–Trinajstić information content (AvgIpc) is 2.96. The number of benzene rings is 4. The van der Waals surface area contributed by atoms with Crippen LogP contribution in [-0.2, 0) is 18.0 Å². The second-order valence-corrected chi connectivity index (χ2v) is 9.89. The molecule has 0 aliphatic rings. The van der Waals surface area contributed by atoms with Crippen LogP contribution in [0.3, 0.4) is 0 Å². The molecule has 1 N–H and O–H groups in total. The highest BCUT2D eigenvalue weighted by molar-refractivity contribution is 9.10. The summed E-state index contributed by atoms with van der Waals surface area (Å²) in [6, 6.07) is 29.6. The fourth-order valence-corrected chi connectivity index (χ4v) is 4.40. The Morgan fingerprint density at radius 3 is 2.27 bits per heavy atom. The lowest BCUT2D eigenvalue weighted by Gasteiger charge is -2.15. The van der Waals surface area contributed by atoms with Gasteiger partial charge < -0.3 is 19.5 Å². The van der Waals surface area contributed by atoms with Gasteiger partial charge in [0.15, 0.2) is 11.5 Å². The van der Waals surface area contributed by atoms with Gasteiger partial charge in [-0.15, -0.1) is 0 Å². The highest BCUT2D eigenvalue weighted by atomic mass is 79.9. The molecular formula is C32H26BrClN2O4. The summed E-state index contributed by atoms with van der Waals surface area (Å²) in [6.07, 6.45) is 1.51. The summed E-state index contributed by atoms with van der Waals surface area (Å²) < 4.78 is 18.3. The number of carbonyl (C=O) groups is 1. The Hall–Kier alpha value is -4.25. The Bertz CT molecular complexity index is 1520. The number of ether oxygens (including phenoxy) is 3. The van der Waals surface area contributed by atoms with Gasteiger partial charge in [-0.3, -0.25) is 4.79 Å². The summed E-state index contributed by atoms with van der Waals surface area (Å²) in [4.78, 5) is 12.9. The van der Waals surface area contributed by atoms with E-state index >= 15 is 0 Å². The molecule has 0 radical (unpaired) electrons. The van der Waals surface area contributed by atoms with Crippen LogP contribution in [0.4, 0.5) is 5.69 Å². The number of nitrogens with zero attached hydrogens (tertiary/aromatic N) is 1. The van der Waals surface area contributed by atoms with E-state index in [0.717, 1.165) is 11.1 Å². The summed E-state index contributed by atoms with van der Waals surface area (Å²) in [5, 5.41) is 13.1. The molecule has 0 saturated heterocycles. The lowest BCUT2D eigenvalue weighted by Crippen LogP contribution is -2.13. The van der Waals surface area contributed by atoms with Gasteiger partial charge >= 0.3 is 0 Å². The first-order chi connectivity index (χ1) is 19.4. The molecule has 0 saturated carbocycles. The number of amides is 1. The zero-order valence-corrected chi connectivity index (χ0v) is 24.0. The standard InChI is InChI=1S/C32H26BrClN2O4/c1-2-38-30-18-24(17-29(33)31(30)40-21-22-6-4-3-5-7-22)16-25(19-35)32(37)36-27-12-14-28(15-13-27)39-20-23-8-10-26(34)11-9-23/h3-18H,2,20-21H2,1H3,(H,36,37)/b25-16+. The first-order valence-corrected chi connectivity index (χ1v) is 13.7. The molecule has 40 heavy (non-hydrogen) atoms. The normalized spacial score (nSPS) is 10.9. The molecule has 0 aliphatic carbocycles. The van der Waals surface area contributed by atoms with Crippen LogP contribution in [0.5, 0.6) is 17.2 Å². The van der Waals surface area contributed by atoms with Crippen LogP contribution in [0, 0.1) is 11.3 Å². The van der Waals surface area contributed by atoms with Crippen molar-refractivity contribution in [3.8, 4) is 23.3 Å². The molecular weight excluding hydrogens is 592 g/mol. The Morgan fingerprint density at radius 1 is 0.925 bits per heavy atom. The topological polar surface area (TPSA) is 80.6 Å². The summed E-state index contributed by atoms with van der Waals surface area (Å²) in [7, 11) is 0. The highest BCUT2D eigenvalue weighted by Gasteiger charge is 2.15. The van der Waals surface area contributed by atoms with Crippen molar-refractivity contribution in [1.82, 2.24) is 0 Å². The van der Waals surface area contributed by atoms with E-state index in [1.165, 1.54) is 6.08 Å². The van der Waals surface area contributed by atoms with Crippen LogP contribution >= 0.6 is 27.5 Å². The molecule has 0 fully saturated rings. The number of hydrogen-bond acceptors (Lipinski definition) is 5. The maximum absolute atomic E-state index is 12.9. The lowest BCUT2D eigenvalue weighted by molar-refractivity contribution is -0.112. The number of carbonyl (C=O) groups excluding carboxylic acids is 1. The van der Waals surface area contributed by atoms with Crippen LogP contribution in [0.1, 0.15) is 23.6 Å². The Kier molecular flexibility index (Phi) is 10.2. The van der Waals surface area contributed by atoms with Gasteiger partial charge in [0.05, 0.1) is 11.1 Å². The molecule has 8 heteroatoms. The van der Waals surface area contributed by atoms with E-state index < -0.39 is 5.91 Å². The SMILES string of the molecule is CCOc1cc(/C=C(\C#N)C(=O)Nc2ccc(OCc3ccc(Cl)cc3)cc2)cc(Br)c1OCc1ccccc1. The summed E-state index contributed by atoms with van der Waals surface area (Å²) >= 11 is 9.46. The second kappa shape index (κ2) is 14.2. The molecule has 4 aromatic carbocycles. The summed E-state index contributed by atoms with van der Waals surface area (Å²) in [5.74, 6) is 1.16. The Balaban J connectivity index is 1.43. The molecule has 0 atom stereocenters. The van der Waals surface area contributed by atoms with Crippen LogP contribution < -0.4 is 19.5 Å². The molecule has 0 aromatic heterocycles. The van der Waals surface area contributed by atoms with Crippen molar-refractivity contribution in [3.63, 3.8) is 0 Å². The third-order valence-corrected chi connectivity index (χ3v) is 6.51. The maximum atomic E-state index is 12.9. The second-order valence-electron chi connectivity index (χ2n) is 8.60. The van der Waals surface area contributed by atoms with Crippen LogP contribution in [0.2, 0.25) is 5.02 Å². The van der Waals surface area contributed by atoms with E-state index in [4.69, 9.17) is 25.8 Å². The molecule has 0 spiro atoms. The largest absolute Gasteiger partial charge is 0.490 e. The molecule has 4 aromatic rings. The first kappa shape index (κ1) is 28.8. The van der Waals surface area contributed by atoms with Gasteiger partial charge in [-0.25, -0.2) is 0 Å². The van der Waals surface area contributed by atoms with Crippen LogP contribution in [-0.4, -0.2) is 12.5 Å². The zero-order valence-electron chi connectivity index (χ0n) is 21.7. The van der Waals surface area contributed by atoms with Crippen molar-refractivity contribution in [2.75, 3.05) is 11.9 Å². The van der Waals surface area contributed by atoms with Crippen LogP contribution in [0.15, 0.2) is 101 Å². The maximum Gasteiger partial charge on any atom is 0.266 e. The van der Waals surface area contributed by atoms with Gasteiger partial charge in [-0.2, -0.15) is 5.26 Å². The van der Waals surface area contributed by atoms with Crippen molar-refractivity contribution in [2.45, 2.75) is 20.1 Å². The Morgan fingerprint density at radius 2 is 1.60 bits per heavy atom. The first-order valence-electron chi connectivity index (χ1n) is 12.5. The summed E-state index contributed by atoms with van der Waals surface area (Å²) in [6.45, 7) is 3.05. The monoisotopic (exact) mass is 616 g/mol. The smallest absolute Gasteiger partial charge is 0.266 e. The van der Waals surface area contributed by atoms with Crippen LogP contribution in [0.25, 0.3) is 6.08 Å². The molecule has 4 rings (SSSR count). The number of hydrogen-bond donors (Lipinski definition) is 1. The third kappa shape index (κ3) is 8.12. The highest BCUT2D eigenvalue weighted by Crippen LogP contribution is 2.38. The lowest BCUT2D eigenvalue weighted by atomic mass is 10.1. The van der Waals surface area contributed by atoms with Crippen molar-refractivity contribution in [2.24, 2.45) is 0 Å². The van der Waals surface area contributed by atoms with Gasteiger partial charge in [-0.1, -0.05) is 54.1 Å². The summed E-state index contributed by atoms with van der Waals surface area (Å²) in [5.41, 5.74) is 3.09. The zero-order chi connectivity index (χ0) is 28.3. The van der Waals surface area contributed by atoms with E-state index in [9.17, 15) is 10.1 Å². The van der Waals surface area contributed by atoms with E-state index in [1.54, 1.807) is 36.4 Å². The minimum atomic E-state index is -0.532. The minimum Gasteiger partial charge on any atom is -0.490 e. The molecule has 202 valence electrons. The fourth-order valence-electron chi connectivity index (χ4n) is 3.70. The van der Waals surface area contributed by atoms with Crippen molar-refractivity contribution >= 4 is 45.2 Å². The number of nitriles is 1. The molecule has 1 amide bonds. The van der Waals surface area contributed by atoms with Gasteiger partial charge in [0.2, 0.25) is 0 Å². The molecule has 6 nitrogen and oxygen atoms in total. The molecule has 0 unspecified atom stereocenters. The third-order valence-electron chi connectivity index (χ3n) is 5.66. The average molecular weight is 618 g/mol. The number of halogens is 2. The van der Waals surface area contributed by atoms with Gasteiger partial charge in [0.1, 0.15) is 30.6 Å². The molecule has 0 bridgehead atoms. The number of rotatable bonds is 11. The van der Waals surface area contributed by atoms with Gasteiger partial charge in [0.25, 0.3) is 5.91 Å². The quantitative estimate of drug-likeness (QED) is 0.136. The van der Waals surface area contributed by atoms with Gasteiger partial charge in [-0.05, 0) is 94.2 Å². The molecule has 0 heterocycles. The number of anilines is 1. The van der Waals surface area contributed by atoms with E-state index in [0.29, 0.717) is 57.8 Å². The molecule has 0 aliphatic heterocycles. The predicted molar refractivity (Wildman–Crippen MR) is 161 cm³/mol.